The molecular weight excluding hydrogens is 414 g/mol. The molecule has 0 aromatic carbocycles. The molecule has 0 aliphatic carbocycles. The SMILES string of the molecule is CC(C)c1cc(C(=O)N(CCCN(C)C)C2CCS(=O)(=O)C2)c2cnn(C(C)C)c2n1. The summed E-state index contributed by atoms with van der Waals surface area (Å²) >= 11 is 0. The van der Waals surface area contributed by atoms with Crippen LogP contribution in [-0.2, 0) is 9.84 Å². The first-order chi connectivity index (χ1) is 14.5. The Hall–Kier alpha value is -2.00. The maximum atomic E-state index is 13.8. The Morgan fingerprint density at radius 3 is 2.48 bits per heavy atom. The first kappa shape index (κ1) is 23.7. The molecular formula is C22H35N5O3S. The van der Waals surface area contributed by atoms with E-state index in [1.54, 1.807) is 11.1 Å². The highest BCUT2D eigenvalue weighted by Gasteiger charge is 2.35. The molecule has 0 N–H and O–H groups in total. The molecule has 8 nitrogen and oxygen atoms in total. The second-order valence-electron chi connectivity index (χ2n) is 9.38. The molecule has 3 heterocycles. The predicted octanol–water partition coefficient (Wildman–Crippen LogP) is 2.72. The fraction of sp³-hybridized carbons (Fsp3) is 0.682. The van der Waals surface area contributed by atoms with Crippen molar-refractivity contribution in [2.24, 2.45) is 0 Å². The summed E-state index contributed by atoms with van der Waals surface area (Å²) < 4.78 is 26.1. The third kappa shape index (κ3) is 5.26. The predicted molar refractivity (Wildman–Crippen MR) is 123 cm³/mol. The molecule has 1 unspecified atom stereocenters. The van der Waals surface area contributed by atoms with Crippen LogP contribution in [-0.4, -0.2) is 83.6 Å². The molecule has 2 aromatic heterocycles. The number of sulfone groups is 1. The standard InChI is InChI=1S/C22H35N5O3S/c1-15(2)20-12-18(19-13-23-27(16(3)4)21(19)24-20)22(28)26(10-7-9-25(5)6)17-8-11-31(29,30)14-17/h12-13,15-17H,7-11,14H2,1-6H3. The average Bonchev–Trinajstić information content (AvgIpc) is 3.26. The Morgan fingerprint density at radius 1 is 1.23 bits per heavy atom. The molecule has 172 valence electrons. The summed E-state index contributed by atoms with van der Waals surface area (Å²) in [5.41, 5.74) is 2.11. The molecule has 2 aromatic rings. The molecule has 1 aliphatic heterocycles. The van der Waals surface area contributed by atoms with Crippen LogP contribution in [0.5, 0.6) is 0 Å². The number of amides is 1. The largest absolute Gasteiger partial charge is 0.335 e. The van der Waals surface area contributed by atoms with Gasteiger partial charge >= 0.3 is 0 Å². The normalized spacial score (nSPS) is 18.5. The summed E-state index contributed by atoms with van der Waals surface area (Å²) in [6.07, 6.45) is 2.99. The van der Waals surface area contributed by atoms with Gasteiger partial charge in [-0.2, -0.15) is 5.10 Å². The molecule has 3 rings (SSSR count). The number of hydrogen-bond acceptors (Lipinski definition) is 6. The Kier molecular flexibility index (Phi) is 7.05. The van der Waals surface area contributed by atoms with Gasteiger partial charge in [0.15, 0.2) is 15.5 Å². The van der Waals surface area contributed by atoms with Gasteiger partial charge in [-0.15, -0.1) is 0 Å². The minimum atomic E-state index is -3.10. The monoisotopic (exact) mass is 449 g/mol. The number of carbonyl (C=O) groups excluding carboxylic acids is 1. The Balaban J connectivity index is 2.05. The topological polar surface area (TPSA) is 88.4 Å². The van der Waals surface area contributed by atoms with Gasteiger partial charge in [-0.1, -0.05) is 13.8 Å². The average molecular weight is 450 g/mol. The molecule has 1 aliphatic rings. The van der Waals surface area contributed by atoms with E-state index in [4.69, 9.17) is 4.98 Å². The fourth-order valence-electron chi connectivity index (χ4n) is 4.07. The summed E-state index contributed by atoms with van der Waals surface area (Å²) in [4.78, 5) is 22.5. The van der Waals surface area contributed by atoms with Crippen molar-refractivity contribution in [2.45, 2.75) is 58.5 Å². The zero-order valence-electron chi connectivity index (χ0n) is 19.5. The third-order valence-corrected chi connectivity index (χ3v) is 7.56. The van der Waals surface area contributed by atoms with Gasteiger partial charge in [0.1, 0.15) is 0 Å². The van der Waals surface area contributed by atoms with Gasteiger partial charge in [0.05, 0.1) is 28.7 Å². The Labute approximate surface area is 185 Å². The number of fused-ring (bicyclic) bond motifs is 1. The molecule has 1 amide bonds. The van der Waals surface area contributed by atoms with Gasteiger partial charge in [-0.05, 0) is 59.3 Å². The Bertz CT molecular complexity index is 1040. The van der Waals surface area contributed by atoms with Gasteiger partial charge in [0, 0.05) is 24.3 Å². The van der Waals surface area contributed by atoms with Crippen LogP contribution < -0.4 is 0 Å². The van der Waals surface area contributed by atoms with Gasteiger partial charge < -0.3 is 9.80 Å². The number of pyridine rings is 1. The van der Waals surface area contributed by atoms with Gasteiger partial charge in [0.2, 0.25) is 0 Å². The maximum absolute atomic E-state index is 13.8. The number of aromatic nitrogens is 3. The molecule has 0 bridgehead atoms. The smallest absolute Gasteiger partial charge is 0.255 e. The van der Waals surface area contributed by atoms with Crippen LogP contribution in [0.1, 0.15) is 68.5 Å². The lowest BCUT2D eigenvalue weighted by Gasteiger charge is -2.29. The molecule has 1 fully saturated rings. The minimum Gasteiger partial charge on any atom is -0.335 e. The summed E-state index contributed by atoms with van der Waals surface area (Å²) in [5, 5.41) is 5.21. The van der Waals surface area contributed by atoms with Crippen LogP contribution in [0.2, 0.25) is 0 Å². The van der Waals surface area contributed by atoms with Crippen molar-refractivity contribution in [3.63, 3.8) is 0 Å². The third-order valence-electron chi connectivity index (χ3n) is 5.81. The van der Waals surface area contributed by atoms with Crippen LogP contribution in [0.15, 0.2) is 12.3 Å². The lowest BCUT2D eigenvalue weighted by Crippen LogP contribution is -2.42. The van der Waals surface area contributed by atoms with E-state index in [0.29, 0.717) is 24.2 Å². The second kappa shape index (κ2) is 9.24. The highest BCUT2D eigenvalue weighted by Crippen LogP contribution is 2.27. The highest BCUT2D eigenvalue weighted by atomic mass is 32.2. The zero-order chi connectivity index (χ0) is 22.9. The van der Waals surface area contributed by atoms with Crippen LogP contribution in [0.25, 0.3) is 11.0 Å². The van der Waals surface area contributed by atoms with Gasteiger partial charge in [-0.25, -0.2) is 18.1 Å². The van der Waals surface area contributed by atoms with Crippen LogP contribution >= 0.6 is 0 Å². The van der Waals surface area contributed by atoms with E-state index in [9.17, 15) is 13.2 Å². The fourth-order valence-corrected chi connectivity index (χ4v) is 5.80. The van der Waals surface area contributed by atoms with Gasteiger partial charge in [0.25, 0.3) is 5.91 Å². The second-order valence-corrected chi connectivity index (χ2v) is 11.6. The van der Waals surface area contributed by atoms with Crippen molar-refractivity contribution in [2.75, 3.05) is 38.7 Å². The first-order valence-electron chi connectivity index (χ1n) is 11.0. The quantitative estimate of drug-likeness (QED) is 0.616. The maximum Gasteiger partial charge on any atom is 0.255 e. The minimum absolute atomic E-state index is 0.0389. The van der Waals surface area contributed by atoms with E-state index in [2.05, 4.69) is 23.8 Å². The lowest BCUT2D eigenvalue weighted by atomic mass is 10.0. The number of hydrogen-bond donors (Lipinski definition) is 0. The van der Waals surface area contributed by atoms with E-state index in [0.717, 1.165) is 24.0 Å². The summed E-state index contributed by atoms with van der Waals surface area (Å²) in [5.74, 6) is 0.208. The first-order valence-corrected chi connectivity index (χ1v) is 12.9. The number of nitrogens with zero attached hydrogens (tertiary/aromatic N) is 5. The van der Waals surface area contributed by atoms with E-state index in [1.165, 1.54) is 0 Å². The Morgan fingerprint density at radius 2 is 1.94 bits per heavy atom. The molecule has 1 saturated heterocycles. The zero-order valence-corrected chi connectivity index (χ0v) is 20.3. The van der Waals surface area contributed by atoms with E-state index in [1.807, 2.05) is 38.7 Å². The van der Waals surface area contributed by atoms with Crippen molar-refractivity contribution < 1.29 is 13.2 Å². The van der Waals surface area contributed by atoms with Crippen LogP contribution in [0.3, 0.4) is 0 Å². The molecule has 0 radical (unpaired) electrons. The van der Waals surface area contributed by atoms with Crippen LogP contribution in [0.4, 0.5) is 0 Å². The molecule has 0 spiro atoms. The molecule has 1 atom stereocenters. The highest BCUT2D eigenvalue weighted by molar-refractivity contribution is 7.91. The summed E-state index contributed by atoms with van der Waals surface area (Å²) in [7, 11) is 0.886. The van der Waals surface area contributed by atoms with E-state index in [-0.39, 0.29) is 35.4 Å². The molecule has 0 saturated carbocycles. The van der Waals surface area contributed by atoms with Crippen molar-refractivity contribution in [1.82, 2.24) is 24.6 Å². The van der Waals surface area contributed by atoms with Crippen molar-refractivity contribution in [1.29, 1.82) is 0 Å². The van der Waals surface area contributed by atoms with E-state index < -0.39 is 9.84 Å². The van der Waals surface area contributed by atoms with Gasteiger partial charge in [-0.3, -0.25) is 4.79 Å². The lowest BCUT2D eigenvalue weighted by molar-refractivity contribution is 0.0692. The summed E-state index contributed by atoms with van der Waals surface area (Å²) in [6.45, 7) is 9.53. The van der Waals surface area contributed by atoms with Crippen LogP contribution in [0, 0.1) is 0 Å². The van der Waals surface area contributed by atoms with Crippen molar-refractivity contribution in [3.05, 3.63) is 23.5 Å². The molecule has 31 heavy (non-hydrogen) atoms. The summed E-state index contributed by atoms with van der Waals surface area (Å²) in [6, 6.07) is 1.70. The number of carbonyl (C=O) groups is 1. The number of rotatable bonds is 8. The van der Waals surface area contributed by atoms with Crippen molar-refractivity contribution >= 4 is 26.8 Å². The van der Waals surface area contributed by atoms with Crippen molar-refractivity contribution in [3.8, 4) is 0 Å². The molecule has 9 heteroatoms. The van der Waals surface area contributed by atoms with E-state index >= 15 is 0 Å².